The van der Waals surface area contributed by atoms with Gasteiger partial charge < -0.3 is 9.64 Å². The first-order valence-electron chi connectivity index (χ1n) is 6.88. The van der Waals surface area contributed by atoms with E-state index in [9.17, 15) is 4.79 Å². The first-order valence-corrected chi connectivity index (χ1v) is 7.26. The van der Waals surface area contributed by atoms with E-state index in [1.165, 1.54) is 5.56 Å². The smallest absolute Gasteiger partial charge is 0.254 e. The van der Waals surface area contributed by atoms with Crippen molar-refractivity contribution < 1.29 is 9.53 Å². The zero-order valence-corrected chi connectivity index (χ0v) is 12.6. The summed E-state index contributed by atoms with van der Waals surface area (Å²) in [5, 5.41) is 0.583. The molecule has 0 aromatic heterocycles. The number of fused-ring (bicyclic) bond motifs is 1. The van der Waals surface area contributed by atoms with Gasteiger partial charge in [-0.05, 0) is 47.9 Å². The lowest BCUT2D eigenvalue weighted by Gasteiger charge is -2.29. The summed E-state index contributed by atoms with van der Waals surface area (Å²) in [6, 6.07) is 13.1. The molecule has 0 radical (unpaired) electrons. The van der Waals surface area contributed by atoms with Crippen LogP contribution in [-0.4, -0.2) is 24.5 Å². The fourth-order valence-electron chi connectivity index (χ4n) is 2.64. The first kappa shape index (κ1) is 14.0. The lowest BCUT2D eigenvalue weighted by atomic mass is 9.99. The van der Waals surface area contributed by atoms with Crippen molar-refractivity contribution in [2.75, 3.05) is 13.7 Å². The monoisotopic (exact) mass is 301 g/mol. The van der Waals surface area contributed by atoms with Crippen LogP contribution < -0.4 is 4.74 Å². The highest BCUT2D eigenvalue weighted by atomic mass is 35.5. The number of ether oxygens (including phenoxy) is 1. The van der Waals surface area contributed by atoms with Crippen molar-refractivity contribution >= 4 is 17.5 Å². The molecule has 0 unspecified atom stereocenters. The molecule has 1 aliphatic rings. The molecular weight excluding hydrogens is 286 g/mol. The zero-order chi connectivity index (χ0) is 14.8. The van der Waals surface area contributed by atoms with E-state index in [0.717, 1.165) is 24.3 Å². The predicted molar refractivity (Wildman–Crippen MR) is 82.9 cm³/mol. The number of methoxy groups -OCH3 is 1. The average Bonchev–Trinajstić information content (AvgIpc) is 2.53. The van der Waals surface area contributed by atoms with E-state index >= 15 is 0 Å². The van der Waals surface area contributed by atoms with Crippen molar-refractivity contribution in [1.82, 2.24) is 4.90 Å². The van der Waals surface area contributed by atoms with E-state index in [4.69, 9.17) is 16.3 Å². The topological polar surface area (TPSA) is 29.5 Å². The van der Waals surface area contributed by atoms with Crippen molar-refractivity contribution in [3.63, 3.8) is 0 Å². The summed E-state index contributed by atoms with van der Waals surface area (Å²) in [5.41, 5.74) is 3.07. The molecule has 21 heavy (non-hydrogen) atoms. The minimum atomic E-state index is 0.0194. The average molecular weight is 302 g/mol. The molecule has 3 rings (SSSR count). The van der Waals surface area contributed by atoms with Gasteiger partial charge >= 0.3 is 0 Å². The Morgan fingerprint density at radius 3 is 2.81 bits per heavy atom. The van der Waals surface area contributed by atoms with Gasteiger partial charge in [0.25, 0.3) is 5.91 Å². The Morgan fingerprint density at radius 2 is 2.05 bits per heavy atom. The Hall–Kier alpha value is -2.00. The summed E-state index contributed by atoms with van der Waals surface area (Å²) < 4.78 is 5.26. The molecule has 1 amide bonds. The number of rotatable bonds is 2. The van der Waals surface area contributed by atoms with Crippen LogP contribution in [0.3, 0.4) is 0 Å². The fraction of sp³-hybridized carbons (Fsp3) is 0.235. The van der Waals surface area contributed by atoms with Crippen LogP contribution >= 0.6 is 11.6 Å². The van der Waals surface area contributed by atoms with Crippen molar-refractivity contribution in [3.8, 4) is 5.75 Å². The molecule has 0 spiro atoms. The highest BCUT2D eigenvalue weighted by Crippen LogP contribution is 2.25. The van der Waals surface area contributed by atoms with Crippen LogP contribution in [0, 0.1) is 0 Å². The number of nitrogens with zero attached hydrogens (tertiary/aromatic N) is 1. The molecule has 2 aromatic carbocycles. The third-order valence-electron chi connectivity index (χ3n) is 3.78. The summed E-state index contributed by atoms with van der Waals surface area (Å²) >= 11 is 5.96. The van der Waals surface area contributed by atoms with E-state index < -0.39 is 0 Å². The molecule has 108 valence electrons. The molecule has 1 aliphatic heterocycles. The van der Waals surface area contributed by atoms with Gasteiger partial charge in [0, 0.05) is 23.7 Å². The second-order valence-electron chi connectivity index (χ2n) is 5.12. The minimum absolute atomic E-state index is 0.0194. The van der Waals surface area contributed by atoms with Crippen molar-refractivity contribution in [3.05, 3.63) is 64.2 Å². The van der Waals surface area contributed by atoms with Crippen molar-refractivity contribution in [1.29, 1.82) is 0 Å². The number of halogens is 1. The summed E-state index contributed by atoms with van der Waals surface area (Å²) in [6.07, 6.45) is 0.867. The molecule has 3 nitrogen and oxygen atoms in total. The summed E-state index contributed by atoms with van der Waals surface area (Å²) in [7, 11) is 1.65. The molecule has 0 saturated carbocycles. The van der Waals surface area contributed by atoms with Crippen LogP contribution in [0.1, 0.15) is 21.5 Å². The third kappa shape index (κ3) is 2.88. The Morgan fingerprint density at radius 1 is 1.19 bits per heavy atom. The predicted octanol–water partition coefficient (Wildman–Crippen LogP) is 3.55. The minimum Gasteiger partial charge on any atom is -0.497 e. The second kappa shape index (κ2) is 5.78. The molecule has 0 fully saturated rings. The second-order valence-corrected chi connectivity index (χ2v) is 5.56. The maximum absolute atomic E-state index is 12.6. The number of hydrogen-bond acceptors (Lipinski definition) is 2. The Balaban J connectivity index is 1.83. The first-order chi connectivity index (χ1) is 10.2. The van der Waals surface area contributed by atoms with E-state index in [0.29, 0.717) is 17.1 Å². The Bertz CT molecular complexity index is 684. The van der Waals surface area contributed by atoms with Crippen molar-refractivity contribution in [2.45, 2.75) is 13.0 Å². The molecule has 2 aromatic rings. The molecule has 0 aliphatic carbocycles. The summed E-state index contributed by atoms with van der Waals surface area (Å²) in [6.45, 7) is 1.34. The number of carbonyl (C=O) groups excluding carboxylic acids is 1. The normalized spacial score (nSPS) is 13.7. The van der Waals surface area contributed by atoms with E-state index in [-0.39, 0.29) is 5.91 Å². The largest absolute Gasteiger partial charge is 0.497 e. The fourth-order valence-corrected chi connectivity index (χ4v) is 2.83. The van der Waals surface area contributed by atoms with Crippen LogP contribution in [0.25, 0.3) is 0 Å². The summed E-state index contributed by atoms with van der Waals surface area (Å²) in [5.74, 6) is 0.844. The maximum Gasteiger partial charge on any atom is 0.254 e. The van der Waals surface area contributed by atoms with Crippen LogP contribution in [0.4, 0.5) is 0 Å². The van der Waals surface area contributed by atoms with Gasteiger partial charge in [-0.15, -0.1) is 0 Å². The Kier molecular flexibility index (Phi) is 3.84. The van der Waals surface area contributed by atoms with Gasteiger partial charge in [0.1, 0.15) is 5.75 Å². The van der Waals surface area contributed by atoms with Gasteiger partial charge in [0.05, 0.1) is 7.11 Å². The molecule has 4 heteroatoms. The Labute approximate surface area is 129 Å². The zero-order valence-electron chi connectivity index (χ0n) is 11.8. The third-order valence-corrected chi connectivity index (χ3v) is 4.02. The number of benzene rings is 2. The van der Waals surface area contributed by atoms with Gasteiger partial charge in [0.15, 0.2) is 0 Å². The van der Waals surface area contributed by atoms with Crippen LogP contribution in [0.5, 0.6) is 5.75 Å². The SMILES string of the molecule is COc1ccc2c(c1)CN(C(=O)c1cccc(Cl)c1)CC2. The quantitative estimate of drug-likeness (QED) is 0.849. The number of hydrogen-bond donors (Lipinski definition) is 0. The molecule has 0 N–H and O–H groups in total. The van der Waals surface area contributed by atoms with Gasteiger partial charge in [-0.25, -0.2) is 0 Å². The highest BCUT2D eigenvalue weighted by Gasteiger charge is 2.22. The van der Waals surface area contributed by atoms with E-state index in [1.54, 1.807) is 31.4 Å². The molecular formula is C17H16ClNO2. The maximum atomic E-state index is 12.6. The van der Waals surface area contributed by atoms with Gasteiger partial charge in [-0.1, -0.05) is 23.7 Å². The lowest BCUT2D eigenvalue weighted by Crippen LogP contribution is -2.35. The van der Waals surface area contributed by atoms with E-state index in [1.807, 2.05) is 17.0 Å². The van der Waals surface area contributed by atoms with Crippen molar-refractivity contribution in [2.24, 2.45) is 0 Å². The van der Waals surface area contributed by atoms with Crippen LogP contribution in [-0.2, 0) is 13.0 Å². The summed E-state index contributed by atoms with van der Waals surface area (Å²) in [4.78, 5) is 14.4. The van der Waals surface area contributed by atoms with E-state index in [2.05, 4.69) is 6.07 Å². The van der Waals surface area contributed by atoms with Crippen LogP contribution in [0.2, 0.25) is 5.02 Å². The van der Waals surface area contributed by atoms with Gasteiger partial charge in [0.2, 0.25) is 0 Å². The molecule has 1 heterocycles. The molecule has 0 bridgehead atoms. The molecule has 0 atom stereocenters. The van der Waals surface area contributed by atoms with Gasteiger partial charge in [-0.3, -0.25) is 4.79 Å². The number of carbonyl (C=O) groups is 1. The highest BCUT2D eigenvalue weighted by molar-refractivity contribution is 6.30. The lowest BCUT2D eigenvalue weighted by molar-refractivity contribution is 0.0734. The number of amides is 1. The molecule has 0 saturated heterocycles. The standard InChI is InChI=1S/C17H16ClNO2/c1-21-16-6-5-12-7-8-19(11-14(12)10-16)17(20)13-3-2-4-15(18)9-13/h2-6,9-10H,7-8,11H2,1H3. The van der Waals surface area contributed by atoms with Crippen LogP contribution in [0.15, 0.2) is 42.5 Å². The van der Waals surface area contributed by atoms with Gasteiger partial charge in [-0.2, -0.15) is 0 Å².